The number of carbonyl (C=O) groups is 2. The molecule has 0 saturated heterocycles. The van der Waals surface area contributed by atoms with Crippen molar-refractivity contribution in [2.24, 2.45) is 0 Å². The quantitative estimate of drug-likeness (QED) is 0.686. The van der Waals surface area contributed by atoms with E-state index >= 15 is 0 Å². The summed E-state index contributed by atoms with van der Waals surface area (Å²) >= 11 is 0. The number of anilines is 1. The molecule has 1 atom stereocenters. The number of carbonyl (C=O) groups excluding carboxylic acids is 2. The first-order chi connectivity index (χ1) is 8.04. The van der Waals surface area contributed by atoms with Gasteiger partial charge < -0.3 is 9.64 Å². The minimum atomic E-state index is -1.33. The number of fused-ring (bicyclic) bond motifs is 1. The summed E-state index contributed by atoms with van der Waals surface area (Å²) in [7, 11) is 1.55. The molecular weight excluding hydrogens is 242 g/mol. The van der Waals surface area contributed by atoms with Crippen molar-refractivity contribution in [3.63, 3.8) is 0 Å². The highest BCUT2D eigenvalue weighted by Gasteiger charge is 2.27. The van der Waals surface area contributed by atoms with Gasteiger partial charge in [0.05, 0.1) is 34.1 Å². The highest BCUT2D eigenvalue weighted by molar-refractivity contribution is 7.86. The lowest BCUT2D eigenvalue weighted by atomic mass is 10.2. The van der Waals surface area contributed by atoms with Crippen LogP contribution in [0, 0.1) is 0 Å². The van der Waals surface area contributed by atoms with Gasteiger partial charge in [0.1, 0.15) is 5.75 Å². The molecular formula is C11H11NO4S. The Morgan fingerprint density at radius 3 is 2.82 bits per heavy atom. The fraction of sp³-hybridized carbons (Fsp3) is 0.273. The second kappa shape index (κ2) is 4.29. The van der Waals surface area contributed by atoms with E-state index in [-0.39, 0.29) is 11.7 Å². The lowest BCUT2D eigenvalue weighted by Gasteiger charge is -2.25. The van der Waals surface area contributed by atoms with Gasteiger partial charge >= 0.3 is 5.97 Å². The van der Waals surface area contributed by atoms with Crippen molar-refractivity contribution in [2.45, 2.75) is 4.90 Å². The topological polar surface area (TPSA) is 63.7 Å². The van der Waals surface area contributed by atoms with Crippen molar-refractivity contribution in [1.29, 1.82) is 0 Å². The van der Waals surface area contributed by atoms with Crippen LogP contribution in [0.4, 0.5) is 5.69 Å². The van der Waals surface area contributed by atoms with Crippen molar-refractivity contribution < 1.29 is 18.5 Å². The Morgan fingerprint density at radius 1 is 1.47 bits per heavy atom. The molecule has 0 radical (unpaired) electrons. The summed E-state index contributed by atoms with van der Waals surface area (Å²) in [6.07, 6.45) is 0. The van der Waals surface area contributed by atoms with Gasteiger partial charge in [-0.3, -0.25) is 9.00 Å². The number of esters is 1. The molecule has 17 heavy (non-hydrogen) atoms. The Balaban J connectivity index is 2.53. The van der Waals surface area contributed by atoms with Crippen molar-refractivity contribution in [3.05, 3.63) is 23.8 Å². The molecule has 1 aliphatic heterocycles. The summed E-state index contributed by atoms with van der Waals surface area (Å²) in [6, 6.07) is 4.67. The van der Waals surface area contributed by atoms with E-state index in [4.69, 9.17) is 0 Å². The second-order valence-corrected chi connectivity index (χ2v) is 5.04. The van der Waals surface area contributed by atoms with Crippen LogP contribution in [-0.4, -0.2) is 36.0 Å². The van der Waals surface area contributed by atoms with Crippen LogP contribution in [0.25, 0.3) is 0 Å². The third-order valence-electron chi connectivity index (χ3n) is 2.62. The van der Waals surface area contributed by atoms with Gasteiger partial charge in [0.2, 0.25) is 5.91 Å². The number of ether oxygens (including phenoxy) is 1. The minimum Gasteiger partial charge on any atom is -0.465 e. The van der Waals surface area contributed by atoms with Crippen LogP contribution >= 0.6 is 0 Å². The molecule has 0 aromatic heterocycles. The van der Waals surface area contributed by atoms with Gasteiger partial charge in [-0.15, -0.1) is 0 Å². The molecule has 1 heterocycles. The zero-order valence-corrected chi connectivity index (χ0v) is 10.2. The lowest BCUT2D eigenvalue weighted by molar-refractivity contribution is -0.116. The zero-order chi connectivity index (χ0) is 12.6. The van der Waals surface area contributed by atoms with Gasteiger partial charge in [-0.1, -0.05) is 0 Å². The maximum atomic E-state index is 11.7. The highest BCUT2D eigenvalue weighted by Crippen LogP contribution is 2.29. The fourth-order valence-electron chi connectivity index (χ4n) is 1.64. The number of methoxy groups -OCH3 is 1. The predicted octanol–water partition coefficient (Wildman–Crippen LogP) is 0.557. The summed E-state index contributed by atoms with van der Waals surface area (Å²) < 4.78 is 16.3. The molecule has 0 spiro atoms. The van der Waals surface area contributed by atoms with E-state index in [0.717, 1.165) is 0 Å². The standard InChI is InChI=1S/C11H11NO4S/c1-12-8-5-7(11(14)16-2)3-4-9(8)17(15)6-10(12)13/h3-5H,6H2,1-2H3. The SMILES string of the molecule is COC(=O)c1ccc2c(c1)N(C)C(=O)CS2=O. The maximum absolute atomic E-state index is 11.7. The van der Waals surface area contributed by atoms with Gasteiger partial charge in [0.15, 0.2) is 0 Å². The number of rotatable bonds is 1. The van der Waals surface area contributed by atoms with E-state index in [2.05, 4.69) is 4.74 Å². The molecule has 0 bridgehead atoms. The van der Waals surface area contributed by atoms with Gasteiger partial charge in [-0.25, -0.2) is 4.79 Å². The Labute approximate surface area is 101 Å². The zero-order valence-electron chi connectivity index (χ0n) is 9.43. The summed E-state index contributed by atoms with van der Waals surface area (Å²) in [6.45, 7) is 0. The van der Waals surface area contributed by atoms with Crippen LogP contribution in [0.2, 0.25) is 0 Å². The van der Waals surface area contributed by atoms with Crippen LogP contribution in [-0.2, 0) is 20.3 Å². The van der Waals surface area contributed by atoms with E-state index in [9.17, 15) is 13.8 Å². The van der Waals surface area contributed by atoms with Gasteiger partial charge in [-0.2, -0.15) is 0 Å². The lowest BCUT2D eigenvalue weighted by Crippen LogP contribution is -2.35. The first-order valence-corrected chi connectivity index (χ1v) is 6.24. The van der Waals surface area contributed by atoms with Gasteiger partial charge in [-0.05, 0) is 18.2 Å². The molecule has 2 rings (SSSR count). The molecule has 0 aliphatic carbocycles. The van der Waals surface area contributed by atoms with E-state index in [0.29, 0.717) is 16.1 Å². The van der Waals surface area contributed by atoms with E-state index < -0.39 is 16.8 Å². The smallest absolute Gasteiger partial charge is 0.337 e. The van der Waals surface area contributed by atoms with Crippen molar-refractivity contribution >= 4 is 28.4 Å². The van der Waals surface area contributed by atoms with Crippen molar-refractivity contribution in [3.8, 4) is 0 Å². The molecule has 6 heteroatoms. The average molecular weight is 253 g/mol. The van der Waals surface area contributed by atoms with Crippen LogP contribution in [0.5, 0.6) is 0 Å². The fourth-order valence-corrected chi connectivity index (χ4v) is 2.86. The largest absolute Gasteiger partial charge is 0.465 e. The number of hydrogen-bond donors (Lipinski definition) is 0. The van der Waals surface area contributed by atoms with E-state index in [1.165, 1.54) is 18.1 Å². The first-order valence-electron chi connectivity index (χ1n) is 4.92. The van der Waals surface area contributed by atoms with Crippen LogP contribution < -0.4 is 4.90 Å². The number of nitrogens with zero attached hydrogens (tertiary/aromatic N) is 1. The summed E-state index contributed by atoms with van der Waals surface area (Å²) in [5.41, 5.74) is 0.840. The van der Waals surface area contributed by atoms with Crippen molar-refractivity contribution in [2.75, 3.05) is 24.8 Å². The normalized spacial score (nSPS) is 18.8. The molecule has 0 saturated carbocycles. The molecule has 1 aromatic rings. The molecule has 1 unspecified atom stereocenters. The van der Waals surface area contributed by atoms with Crippen LogP contribution in [0.3, 0.4) is 0 Å². The summed E-state index contributed by atoms with van der Waals surface area (Å²) in [5.74, 6) is -0.719. The van der Waals surface area contributed by atoms with Crippen LogP contribution in [0.15, 0.2) is 23.1 Å². The highest BCUT2D eigenvalue weighted by atomic mass is 32.2. The monoisotopic (exact) mass is 253 g/mol. The third kappa shape index (κ3) is 1.95. The Bertz CT molecular complexity index is 526. The minimum absolute atomic E-state index is 0.0128. The van der Waals surface area contributed by atoms with Gasteiger partial charge in [0, 0.05) is 7.05 Å². The first kappa shape index (κ1) is 11.8. The third-order valence-corrected chi connectivity index (χ3v) is 3.96. The second-order valence-electron chi connectivity index (χ2n) is 3.62. The molecule has 1 aromatic carbocycles. The average Bonchev–Trinajstić information content (AvgIpc) is 2.34. The summed E-state index contributed by atoms with van der Waals surface area (Å²) in [5, 5.41) is 0. The Morgan fingerprint density at radius 2 is 2.18 bits per heavy atom. The molecule has 1 aliphatic rings. The molecule has 1 amide bonds. The molecule has 0 fully saturated rings. The van der Waals surface area contributed by atoms with E-state index in [1.807, 2.05) is 0 Å². The predicted molar refractivity (Wildman–Crippen MR) is 62.5 cm³/mol. The maximum Gasteiger partial charge on any atom is 0.337 e. The Hall–Kier alpha value is -1.69. The number of benzene rings is 1. The summed E-state index contributed by atoms with van der Waals surface area (Å²) in [4.78, 5) is 24.9. The number of amides is 1. The van der Waals surface area contributed by atoms with Crippen molar-refractivity contribution in [1.82, 2.24) is 0 Å². The van der Waals surface area contributed by atoms with Gasteiger partial charge in [0.25, 0.3) is 0 Å². The molecule has 5 nitrogen and oxygen atoms in total. The van der Waals surface area contributed by atoms with Crippen LogP contribution in [0.1, 0.15) is 10.4 Å². The Kier molecular flexibility index (Phi) is 2.97. The molecule has 0 N–H and O–H groups in total. The van der Waals surface area contributed by atoms with E-state index in [1.54, 1.807) is 19.2 Å². The number of hydrogen-bond acceptors (Lipinski definition) is 4. The molecule has 90 valence electrons.